The zero-order chi connectivity index (χ0) is 21.4. The van der Waals surface area contributed by atoms with E-state index in [9.17, 15) is 5.11 Å². The maximum Gasteiger partial charge on any atom is 0.272 e. The maximum atomic E-state index is 10.8. The van der Waals surface area contributed by atoms with Crippen molar-refractivity contribution < 1.29 is 38.3 Å². The van der Waals surface area contributed by atoms with Crippen LogP contribution in [0.25, 0.3) is 0 Å². The van der Waals surface area contributed by atoms with E-state index in [1.807, 2.05) is 48.5 Å². The third-order valence-electron chi connectivity index (χ3n) is 5.98. The van der Waals surface area contributed by atoms with Gasteiger partial charge in [-0.2, -0.15) is 0 Å². The predicted octanol–water partition coefficient (Wildman–Crippen LogP) is 2.02. The lowest BCUT2D eigenvalue weighted by Gasteiger charge is -2.57. The monoisotopic (exact) mass is 430 g/mol. The summed E-state index contributed by atoms with van der Waals surface area (Å²) in [6, 6.07) is 15.3. The second kappa shape index (κ2) is 8.74. The molecule has 0 amide bonds. The van der Waals surface area contributed by atoms with Crippen molar-refractivity contribution in [3.63, 3.8) is 0 Å². The van der Waals surface area contributed by atoms with Gasteiger partial charge in [-0.3, -0.25) is 0 Å². The average Bonchev–Trinajstić information content (AvgIpc) is 2.81. The molecule has 4 aliphatic rings. The van der Waals surface area contributed by atoms with Gasteiger partial charge in [-0.05, 0) is 35.4 Å². The lowest BCUT2D eigenvalue weighted by Crippen LogP contribution is -2.75. The van der Waals surface area contributed by atoms with E-state index in [4.69, 9.17) is 33.2 Å². The Hall–Kier alpha value is -2.20. The van der Waals surface area contributed by atoms with Gasteiger partial charge in [0, 0.05) is 0 Å². The van der Waals surface area contributed by atoms with Crippen LogP contribution in [0.2, 0.25) is 0 Å². The molecule has 3 saturated heterocycles. The molecule has 166 valence electrons. The Morgan fingerprint density at radius 3 is 1.52 bits per heavy atom. The normalized spacial score (nSPS) is 33.5. The minimum atomic E-state index is -0.863. The third kappa shape index (κ3) is 4.03. The molecule has 0 radical (unpaired) electrons. The van der Waals surface area contributed by atoms with E-state index in [1.165, 1.54) is 0 Å². The van der Waals surface area contributed by atoms with Crippen LogP contribution >= 0.6 is 0 Å². The van der Waals surface area contributed by atoms with Crippen LogP contribution in [-0.4, -0.2) is 62.4 Å². The second-order valence-electron chi connectivity index (χ2n) is 7.83. The molecule has 31 heavy (non-hydrogen) atoms. The molecular formula is C23H26O8. The molecule has 4 bridgehead atoms. The van der Waals surface area contributed by atoms with E-state index in [1.54, 1.807) is 14.2 Å². The van der Waals surface area contributed by atoms with E-state index in [0.717, 1.165) is 22.6 Å². The first kappa shape index (κ1) is 20.7. The summed E-state index contributed by atoms with van der Waals surface area (Å²) in [6.07, 6.45) is -3.27. The summed E-state index contributed by atoms with van der Waals surface area (Å²) in [4.78, 5) is 0. The quantitative estimate of drug-likeness (QED) is 0.681. The molecule has 0 spiro atoms. The molecule has 7 atom stereocenters. The number of hydrogen-bond acceptors (Lipinski definition) is 8. The van der Waals surface area contributed by atoms with Gasteiger partial charge < -0.3 is 38.3 Å². The fourth-order valence-electron chi connectivity index (χ4n) is 4.30. The third-order valence-corrected chi connectivity index (χ3v) is 5.98. The molecule has 2 aromatic carbocycles. The van der Waals surface area contributed by atoms with Crippen molar-refractivity contribution >= 4 is 0 Å². The lowest BCUT2D eigenvalue weighted by molar-refractivity contribution is -0.487. The molecule has 3 heterocycles. The number of benzene rings is 2. The Kier molecular flexibility index (Phi) is 5.83. The molecule has 6 rings (SSSR count). The van der Waals surface area contributed by atoms with Crippen LogP contribution in [0.1, 0.15) is 11.1 Å². The van der Waals surface area contributed by atoms with E-state index >= 15 is 0 Å². The number of rotatable bonds is 8. The SMILES string of the molecule is COc1ccc(CO[C@@H]2C3OC4OC(C3O)[C@H](OCc3ccc(OC)cc3)C2O4)cc1. The summed E-state index contributed by atoms with van der Waals surface area (Å²) in [5.41, 5.74) is 1.96. The van der Waals surface area contributed by atoms with Gasteiger partial charge in [0.1, 0.15) is 48.1 Å². The van der Waals surface area contributed by atoms with E-state index in [2.05, 4.69) is 0 Å². The van der Waals surface area contributed by atoms with Crippen LogP contribution < -0.4 is 9.47 Å². The molecule has 4 fully saturated rings. The molecule has 1 saturated carbocycles. The summed E-state index contributed by atoms with van der Waals surface area (Å²) in [5.74, 6) is 1.56. The van der Waals surface area contributed by atoms with Crippen molar-refractivity contribution in [1.29, 1.82) is 0 Å². The van der Waals surface area contributed by atoms with Gasteiger partial charge in [0.05, 0.1) is 27.4 Å². The molecule has 2 aromatic rings. The van der Waals surface area contributed by atoms with Crippen molar-refractivity contribution in [3.8, 4) is 11.5 Å². The molecule has 1 aliphatic carbocycles. The van der Waals surface area contributed by atoms with E-state index < -0.39 is 43.1 Å². The van der Waals surface area contributed by atoms with Gasteiger partial charge in [-0.25, -0.2) is 0 Å². The molecule has 0 aromatic heterocycles. The van der Waals surface area contributed by atoms with Crippen molar-refractivity contribution in [2.24, 2.45) is 0 Å². The highest BCUT2D eigenvalue weighted by Gasteiger charge is 2.62. The Morgan fingerprint density at radius 1 is 0.677 bits per heavy atom. The van der Waals surface area contributed by atoms with Crippen LogP contribution in [0.3, 0.4) is 0 Å². The summed E-state index contributed by atoms with van der Waals surface area (Å²) >= 11 is 0. The van der Waals surface area contributed by atoms with Crippen molar-refractivity contribution in [2.45, 2.75) is 56.3 Å². The van der Waals surface area contributed by atoms with Crippen LogP contribution in [-0.2, 0) is 36.9 Å². The Bertz CT molecular complexity index is 801. The smallest absolute Gasteiger partial charge is 0.272 e. The van der Waals surface area contributed by atoms with Gasteiger partial charge in [-0.15, -0.1) is 0 Å². The first-order valence-corrected chi connectivity index (χ1v) is 10.3. The largest absolute Gasteiger partial charge is 0.497 e. The molecule has 5 unspecified atom stereocenters. The summed E-state index contributed by atoms with van der Waals surface area (Å²) < 4.78 is 40.0. The first-order valence-electron chi connectivity index (χ1n) is 10.3. The topological polar surface area (TPSA) is 84.8 Å². The number of aliphatic hydroxyl groups excluding tert-OH is 1. The molecule has 8 nitrogen and oxygen atoms in total. The minimum absolute atomic E-state index is 0.350. The number of methoxy groups -OCH3 is 2. The number of hydrogen-bond donors (Lipinski definition) is 1. The van der Waals surface area contributed by atoms with E-state index in [0.29, 0.717) is 13.2 Å². The van der Waals surface area contributed by atoms with Crippen LogP contribution in [0.15, 0.2) is 48.5 Å². The Balaban J connectivity index is 1.27. The fourth-order valence-corrected chi connectivity index (χ4v) is 4.30. The second-order valence-corrected chi connectivity index (χ2v) is 7.83. The lowest BCUT2D eigenvalue weighted by atomic mass is 9.82. The standard InChI is InChI=1S/C23H26O8/c1-25-15-7-3-13(4-8-15)11-27-20-18-17(24)19-21(22(20)31-23(29-18)30-19)28-12-14-5-9-16(26-2)10-6-14/h3-10,17-24H,11-12H2,1-2H3/t17?,18?,19?,20-,21+,22?,23?. The predicted molar refractivity (Wildman–Crippen MR) is 108 cm³/mol. The molecule has 8 heteroatoms. The zero-order valence-electron chi connectivity index (χ0n) is 17.4. The van der Waals surface area contributed by atoms with Gasteiger partial charge in [0.2, 0.25) is 0 Å². The first-order chi connectivity index (χ1) is 15.2. The molecule has 1 N–H and O–H groups in total. The fraction of sp³-hybridized carbons (Fsp3) is 0.478. The van der Waals surface area contributed by atoms with Crippen molar-refractivity contribution in [1.82, 2.24) is 0 Å². The zero-order valence-corrected chi connectivity index (χ0v) is 17.4. The number of aliphatic hydroxyl groups is 1. The van der Waals surface area contributed by atoms with Gasteiger partial charge in [-0.1, -0.05) is 24.3 Å². The summed E-state index contributed by atoms with van der Waals surface area (Å²) in [7, 11) is 3.26. The van der Waals surface area contributed by atoms with Crippen molar-refractivity contribution in [3.05, 3.63) is 59.7 Å². The minimum Gasteiger partial charge on any atom is -0.497 e. The van der Waals surface area contributed by atoms with Crippen molar-refractivity contribution in [2.75, 3.05) is 14.2 Å². The van der Waals surface area contributed by atoms with Gasteiger partial charge in [0.15, 0.2) is 0 Å². The highest BCUT2D eigenvalue weighted by atomic mass is 16.9. The molecular weight excluding hydrogens is 404 g/mol. The van der Waals surface area contributed by atoms with Gasteiger partial charge in [0.25, 0.3) is 6.48 Å². The highest BCUT2D eigenvalue weighted by molar-refractivity contribution is 5.27. The molecule has 3 aliphatic heterocycles. The highest BCUT2D eigenvalue weighted by Crippen LogP contribution is 2.42. The number of ether oxygens (including phenoxy) is 7. The van der Waals surface area contributed by atoms with E-state index in [-0.39, 0.29) is 0 Å². The summed E-state index contributed by atoms with van der Waals surface area (Å²) in [5, 5.41) is 10.8. The van der Waals surface area contributed by atoms with Crippen LogP contribution in [0, 0.1) is 0 Å². The Labute approximate surface area is 180 Å². The summed E-state index contributed by atoms with van der Waals surface area (Å²) in [6.45, 7) is -0.101. The van der Waals surface area contributed by atoms with Crippen LogP contribution in [0.5, 0.6) is 11.5 Å². The van der Waals surface area contributed by atoms with Gasteiger partial charge >= 0.3 is 0 Å². The van der Waals surface area contributed by atoms with Crippen LogP contribution in [0.4, 0.5) is 0 Å². The average molecular weight is 430 g/mol. The maximum absolute atomic E-state index is 10.8. The Morgan fingerprint density at radius 2 is 1.10 bits per heavy atom.